The highest BCUT2D eigenvalue weighted by molar-refractivity contribution is 5.82. The van der Waals surface area contributed by atoms with Crippen LogP contribution in [0.4, 0.5) is 0 Å². The number of carbonyl (C=O) groups is 1. The average molecular weight is 153 g/mol. The maximum absolute atomic E-state index is 10.2. The molecule has 0 unspecified atom stereocenters. The van der Waals surface area contributed by atoms with Crippen LogP contribution in [0.25, 0.3) is 0 Å². The molecule has 0 aliphatic carbocycles. The molecule has 5 nitrogen and oxygen atoms in total. The molecule has 5 heteroatoms. The number of carbonyl (C=O) groups excluding carboxylic acids is 1. The normalized spacial score (nSPS) is 9.18. The summed E-state index contributed by atoms with van der Waals surface area (Å²) in [4.78, 5) is 17.3. The minimum absolute atomic E-state index is 0.159. The number of methoxy groups -OCH3 is 1. The summed E-state index contributed by atoms with van der Waals surface area (Å²) in [5.74, 6) is -1.21. The van der Waals surface area contributed by atoms with Gasteiger partial charge in [0, 0.05) is 0 Å². The SMILES string of the molecule is COc1cncc(C(=O)[O-])n1. The summed E-state index contributed by atoms with van der Waals surface area (Å²) >= 11 is 0. The number of hydrogen-bond donors (Lipinski definition) is 0. The molecule has 1 rings (SSSR count). The summed E-state index contributed by atoms with van der Waals surface area (Å²) in [6, 6.07) is 0. The highest BCUT2D eigenvalue weighted by Crippen LogP contribution is 2.02. The maximum Gasteiger partial charge on any atom is 0.232 e. The van der Waals surface area contributed by atoms with Crippen LogP contribution in [0.3, 0.4) is 0 Å². The van der Waals surface area contributed by atoms with E-state index in [2.05, 4.69) is 14.7 Å². The van der Waals surface area contributed by atoms with Crippen LogP contribution in [0, 0.1) is 0 Å². The molecule has 11 heavy (non-hydrogen) atoms. The van der Waals surface area contributed by atoms with Crippen LogP contribution in [-0.4, -0.2) is 23.0 Å². The van der Waals surface area contributed by atoms with Crippen molar-refractivity contribution in [3.05, 3.63) is 18.1 Å². The zero-order chi connectivity index (χ0) is 8.27. The van der Waals surface area contributed by atoms with Crippen molar-refractivity contribution in [2.45, 2.75) is 0 Å². The summed E-state index contributed by atoms with van der Waals surface area (Å²) in [6.07, 6.45) is 2.41. The number of rotatable bonds is 2. The Labute approximate surface area is 62.7 Å². The van der Waals surface area contributed by atoms with E-state index in [1.54, 1.807) is 0 Å². The van der Waals surface area contributed by atoms with Gasteiger partial charge in [-0.3, -0.25) is 4.98 Å². The Morgan fingerprint density at radius 2 is 2.36 bits per heavy atom. The van der Waals surface area contributed by atoms with Crippen LogP contribution < -0.4 is 9.84 Å². The number of hydrogen-bond acceptors (Lipinski definition) is 5. The topological polar surface area (TPSA) is 75.1 Å². The summed E-state index contributed by atoms with van der Waals surface area (Å²) in [5.41, 5.74) is -0.232. The van der Waals surface area contributed by atoms with Crippen LogP contribution >= 0.6 is 0 Å². The van der Waals surface area contributed by atoms with E-state index in [0.29, 0.717) is 0 Å². The zero-order valence-corrected chi connectivity index (χ0v) is 5.77. The minimum Gasteiger partial charge on any atom is -0.543 e. The first-order valence-electron chi connectivity index (χ1n) is 2.81. The molecule has 0 saturated heterocycles. The van der Waals surface area contributed by atoms with Crippen molar-refractivity contribution in [2.75, 3.05) is 7.11 Å². The molecule has 0 aliphatic rings. The van der Waals surface area contributed by atoms with Gasteiger partial charge in [-0.05, 0) is 0 Å². The van der Waals surface area contributed by atoms with E-state index in [0.717, 1.165) is 6.20 Å². The van der Waals surface area contributed by atoms with Gasteiger partial charge in [0.2, 0.25) is 5.88 Å². The molecule has 1 aromatic rings. The number of aromatic carboxylic acids is 1. The first-order valence-corrected chi connectivity index (χ1v) is 2.81. The van der Waals surface area contributed by atoms with Crippen molar-refractivity contribution >= 4 is 5.97 Å². The molecule has 0 aliphatic heterocycles. The fraction of sp³-hybridized carbons (Fsp3) is 0.167. The molecule has 0 atom stereocenters. The lowest BCUT2D eigenvalue weighted by Crippen LogP contribution is -2.23. The minimum atomic E-state index is -1.36. The van der Waals surface area contributed by atoms with Gasteiger partial charge in [-0.15, -0.1) is 0 Å². The van der Waals surface area contributed by atoms with Crippen LogP contribution in [0.1, 0.15) is 10.5 Å². The molecular weight excluding hydrogens is 148 g/mol. The second-order valence-corrected chi connectivity index (χ2v) is 1.73. The quantitative estimate of drug-likeness (QED) is 0.536. The molecule has 0 N–H and O–H groups in total. The number of nitrogens with zero attached hydrogens (tertiary/aromatic N) is 2. The number of aromatic nitrogens is 2. The third kappa shape index (κ3) is 1.64. The van der Waals surface area contributed by atoms with E-state index >= 15 is 0 Å². The van der Waals surface area contributed by atoms with Gasteiger partial charge in [0.05, 0.1) is 25.5 Å². The van der Waals surface area contributed by atoms with Crippen molar-refractivity contribution in [3.63, 3.8) is 0 Å². The van der Waals surface area contributed by atoms with Crippen molar-refractivity contribution < 1.29 is 14.6 Å². The number of carboxylic acids is 1. The second kappa shape index (κ2) is 2.96. The summed E-state index contributed by atoms with van der Waals surface area (Å²) < 4.78 is 4.64. The molecule has 0 radical (unpaired) electrons. The lowest BCUT2D eigenvalue weighted by molar-refractivity contribution is -0.255. The van der Waals surface area contributed by atoms with Crippen molar-refractivity contribution in [3.8, 4) is 5.88 Å². The third-order valence-corrected chi connectivity index (χ3v) is 1.03. The fourth-order valence-corrected chi connectivity index (χ4v) is 0.545. The predicted octanol–water partition coefficient (Wildman–Crippen LogP) is -1.15. The van der Waals surface area contributed by atoms with Crippen LogP contribution in [0.15, 0.2) is 12.4 Å². The van der Waals surface area contributed by atoms with Crippen molar-refractivity contribution in [2.24, 2.45) is 0 Å². The van der Waals surface area contributed by atoms with Crippen LogP contribution in [-0.2, 0) is 0 Å². The van der Waals surface area contributed by atoms with Gasteiger partial charge in [-0.2, -0.15) is 0 Å². The fourth-order valence-electron chi connectivity index (χ4n) is 0.545. The highest BCUT2D eigenvalue weighted by atomic mass is 16.5. The first-order chi connectivity index (χ1) is 5.24. The summed E-state index contributed by atoms with van der Waals surface area (Å²) in [6.45, 7) is 0. The van der Waals surface area contributed by atoms with Crippen LogP contribution in [0.5, 0.6) is 5.88 Å². The van der Waals surface area contributed by atoms with Gasteiger partial charge in [-0.25, -0.2) is 4.98 Å². The monoisotopic (exact) mass is 153 g/mol. The maximum atomic E-state index is 10.2. The van der Waals surface area contributed by atoms with Gasteiger partial charge in [-0.1, -0.05) is 0 Å². The van der Waals surface area contributed by atoms with E-state index < -0.39 is 5.97 Å². The first kappa shape index (κ1) is 7.46. The van der Waals surface area contributed by atoms with Gasteiger partial charge < -0.3 is 14.6 Å². The van der Waals surface area contributed by atoms with E-state index in [1.165, 1.54) is 13.3 Å². The van der Waals surface area contributed by atoms with Gasteiger partial charge in [0.1, 0.15) is 5.69 Å². The third-order valence-electron chi connectivity index (χ3n) is 1.03. The number of carboxylic acid groups (broad SMARTS) is 1. The lowest BCUT2D eigenvalue weighted by Gasteiger charge is -2.01. The Morgan fingerprint density at radius 1 is 1.64 bits per heavy atom. The largest absolute Gasteiger partial charge is 0.543 e. The van der Waals surface area contributed by atoms with Gasteiger partial charge in [0.15, 0.2) is 0 Å². The molecule has 58 valence electrons. The lowest BCUT2D eigenvalue weighted by atomic mass is 10.5. The Kier molecular flexibility index (Phi) is 2.00. The average Bonchev–Trinajstić information content (AvgIpc) is 2.05. The van der Waals surface area contributed by atoms with Gasteiger partial charge >= 0.3 is 0 Å². The van der Waals surface area contributed by atoms with E-state index in [1.807, 2.05) is 0 Å². The Balaban J connectivity index is 3.01. The van der Waals surface area contributed by atoms with E-state index in [-0.39, 0.29) is 11.6 Å². The van der Waals surface area contributed by atoms with E-state index in [9.17, 15) is 9.90 Å². The molecule has 0 fully saturated rings. The second-order valence-electron chi connectivity index (χ2n) is 1.73. The molecule has 1 aromatic heterocycles. The smallest absolute Gasteiger partial charge is 0.232 e. The molecule has 0 spiro atoms. The van der Waals surface area contributed by atoms with Crippen molar-refractivity contribution in [1.82, 2.24) is 9.97 Å². The standard InChI is InChI=1S/C6H6N2O3/c1-11-5-3-7-2-4(8-5)6(9)10/h2-3H,1H3,(H,9,10)/p-1. The molecule has 1 heterocycles. The van der Waals surface area contributed by atoms with E-state index in [4.69, 9.17) is 0 Å². The Morgan fingerprint density at radius 3 is 2.91 bits per heavy atom. The van der Waals surface area contributed by atoms with Crippen molar-refractivity contribution in [1.29, 1.82) is 0 Å². The molecular formula is C6H5N2O3-. The predicted molar refractivity (Wildman–Crippen MR) is 32.9 cm³/mol. The highest BCUT2D eigenvalue weighted by Gasteiger charge is 1.97. The molecule has 0 bridgehead atoms. The summed E-state index contributed by atoms with van der Waals surface area (Å²) in [7, 11) is 1.38. The van der Waals surface area contributed by atoms with Gasteiger partial charge in [0.25, 0.3) is 0 Å². The number of ether oxygens (including phenoxy) is 1. The zero-order valence-electron chi connectivity index (χ0n) is 5.77. The van der Waals surface area contributed by atoms with Crippen LogP contribution in [0.2, 0.25) is 0 Å². The Bertz CT molecular complexity index is 274. The molecule has 0 aromatic carbocycles. The summed E-state index contributed by atoms with van der Waals surface area (Å²) in [5, 5.41) is 10.2. The Hall–Kier alpha value is -1.65. The molecule has 0 saturated carbocycles. The molecule has 0 amide bonds.